The number of rotatable bonds is 5. The average molecular weight is 310 g/mol. The number of carbonyl (C=O) groups is 1. The van der Waals surface area contributed by atoms with Gasteiger partial charge in [-0.1, -0.05) is 36.4 Å². The number of hydrogen-bond donors (Lipinski definition) is 0. The molecule has 0 aliphatic heterocycles. The van der Waals surface area contributed by atoms with E-state index in [2.05, 4.69) is 0 Å². The lowest BCUT2D eigenvalue weighted by atomic mass is 10.3. The number of halogens is 1. The molecule has 2 aromatic rings. The fourth-order valence-electron chi connectivity index (χ4n) is 1.74. The molecule has 2 aromatic carbocycles. The summed E-state index contributed by atoms with van der Waals surface area (Å²) in [5.41, 5.74) is 0.394. The summed E-state index contributed by atoms with van der Waals surface area (Å²) in [6, 6.07) is 16.3. The van der Waals surface area contributed by atoms with Crippen molar-refractivity contribution in [2.75, 3.05) is 10.8 Å². The summed E-state index contributed by atoms with van der Waals surface area (Å²) in [6.07, 6.45) is 0. The van der Waals surface area contributed by atoms with Crippen molar-refractivity contribution in [3.8, 4) is 0 Å². The maximum absolute atomic E-state index is 12.6. The molecule has 0 radical (unpaired) electrons. The lowest BCUT2D eigenvalue weighted by Crippen LogP contribution is -2.34. The van der Waals surface area contributed by atoms with Gasteiger partial charge in [-0.05, 0) is 35.9 Å². The fraction of sp³-hybridized carbons (Fsp3) is 0.0714. The van der Waals surface area contributed by atoms with Crippen molar-refractivity contribution >= 4 is 32.6 Å². The highest BCUT2D eigenvalue weighted by Gasteiger charge is 2.26. The van der Waals surface area contributed by atoms with E-state index in [1.54, 1.807) is 48.5 Å². The van der Waals surface area contributed by atoms with Gasteiger partial charge in [-0.2, -0.15) is 0 Å². The quantitative estimate of drug-likeness (QED) is 0.798. The summed E-state index contributed by atoms with van der Waals surface area (Å²) in [5.74, 6) is 0. The zero-order valence-corrected chi connectivity index (χ0v) is 12.0. The zero-order chi connectivity index (χ0) is 14.6. The normalized spacial score (nSPS) is 11.1. The minimum Gasteiger partial charge on any atom is -0.279 e. The maximum Gasteiger partial charge on any atom is 0.264 e. The van der Waals surface area contributed by atoms with E-state index in [-0.39, 0.29) is 4.90 Å². The first-order chi connectivity index (χ1) is 9.51. The molecule has 0 atom stereocenters. The molecule has 0 heterocycles. The molecule has 0 aliphatic rings. The first-order valence-electron chi connectivity index (χ1n) is 5.83. The van der Waals surface area contributed by atoms with Crippen molar-refractivity contribution in [2.45, 2.75) is 4.90 Å². The van der Waals surface area contributed by atoms with Crippen molar-refractivity contribution in [3.63, 3.8) is 0 Å². The Hall–Kier alpha value is -1.85. The van der Waals surface area contributed by atoms with Crippen LogP contribution in [0.2, 0.25) is 0 Å². The van der Waals surface area contributed by atoms with Crippen LogP contribution in [-0.4, -0.2) is 20.2 Å². The van der Waals surface area contributed by atoms with E-state index < -0.39 is 21.8 Å². The molecule has 2 rings (SSSR count). The van der Waals surface area contributed by atoms with Gasteiger partial charge in [0.05, 0.1) is 10.6 Å². The molecule has 0 saturated carbocycles. The Bertz CT molecular complexity index is 687. The Balaban J connectivity index is 2.49. The van der Waals surface area contributed by atoms with Gasteiger partial charge in [-0.15, -0.1) is 0 Å². The minimum absolute atomic E-state index is 0.113. The smallest absolute Gasteiger partial charge is 0.264 e. The fourth-order valence-corrected chi connectivity index (χ4v) is 3.37. The summed E-state index contributed by atoms with van der Waals surface area (Å²) >= 11 is 5.37. The summed E-state index contributed by atoms with van der Waals surface area (Å²) in [5, 5.41) is -0.742. The molecule has 0 spiro atoms. The molecule has 0 aliphatic carbocycles. The van der Waals surface area contributed by atoms with E-state index in [4.69, 9.17) is 11.6 Å². The Morgan fingerprint density at radius 3 is 1.95 bits per heavy atom. The Kier molecular flexibility index (Phi) is 4.42. The monoisotopic (exact) mass is 309 g/mol. The molecule has 0 fully saturated rings. The standard InChI is InChI=1S/C14H12ClNO3S/c15-14(17)11-16(12-7-3-1-4-8-12)20(18,19)13-9-5-2-6-10-13/h1-10H,11H2. The molecule has 104 valence electrons. The van der Waals surface area contributed by atoms with Gasteiger partial charge >= 0.3 is 0 Å². The Morgan fingerprint density at radius 1 is 0.950 bits per heavy atom. The molecule has 0 amide bonds. The van der Waals surface area contributed by atoms with Crippen LogP contribution < -0.4 is 4.31 Å². The number of para-hydroxylation sites is 1. The lowest BCUT2D eigenvalue weighted by molar-refractivity contribution is -0.110. The lowest BCUT2D eigenvalue weighted by Gasteiger charge is -2.22. The van der Waals surface area contributed by atoms with E-state index in [1.807, 2.05) is 0 Å². The van der Waals surface area contributed by atoms with Gasteiger partial charge in [0.1, 0.15) is 6.54 Å². The number of nitrogens with zero attached hydrogens (tertiary/aromatic N) is 1. The van der Waals surface area contributed by atoms with E-state index in [0.717, 1.165) is 4.31 Å². The SMILES string of the molecule is O=C(Cl)CN(c1ccccc1)S(=O)(=O)c1ccccc1. The molecule has 6 heteroatoms. The van der Waals surface area contributed by atoms with Crippen LogP contribution in [-0.2, 0) is 14.8 Å². The van der Waals surface area contributed by atoms with Crippen molar-refractivity contribution in [1.82, 2.24) is 0 Å². The van der Waals surface area contributed by atoms with Crippen LogP contribution >= 0.6 is 11.6 Å². The van der Waals surface area contributed by atoms with Crippen molar-refractivity contribution in [3.05, 3.63) is 60.7 Å². The first kappa shape index (κ1) is 14.6. The van der Waals surface area contributed by atoms with Crippen LogP contribution in [0.25, 0.3) is 0 Å². The molecule has 0 N–H and O–H groups in total. The van der Waals surface area contributed by atoms with Gasteiger partial charge < -0.3 is 0 Å². The molecule has 0 saturated heterocycles. The van der Waals surface area contributed by atoms with Crippen LogP contribution in [0, 0.1) is 0 Å². The molecular formula is C14H12ClNO3S. The van der Waals surface area contributed by atoms with Gasteiger partial charge in [-0.25, -0.2) is 8.42 Å². The number of hydrogen-bond acceptors (Lipinski definition) is 3. The Labute approximate surface area is 122 Å². The second-order valence-electron chi connectivity index (χ2n) is 4.02. The zero-order valence-electron chi connectivity index (χ0n) is 10.4. The van der Waals surface area contributed by atoms with Gasteiger partial charge in [0.25, 0.3) is 10.0 Å². The predicted molar refractivity (Wildman–Crippen MR) is 78.3 cm³/mol. The topological polar surface area (TPSA) is 54.5 Å². The van der Waals surface area contributed by atoms with Gasteiger partial charge in [0, 0.05) is 0 Å². The van der Waals surface area contributed by atoms with Crippen molar-refractivity contribution < 1.29 is 13.2 Å². The summed E-state index contributed by atoms with van der Waals surface area (Å²) in [7, 11) is -3.82. The average Bonchev–Trinajstić information content (AvgIpc) is 2.46. The van der Waals surface area contributed by atoms with Crippen LogP contribution in [0.5, 0.6) is 0 Å². The number of anilines is 1. The Morgan fingerprint density at radius 2 is 1.45 bits per heavy atom. The van der Waals surface area contributed by atoms with Crippen LogP contribution in [0.4, 0.5) is 5.69 Å². The number of benzene rings is 2. The van der Waals surface area contributed by atoms with Crippen molar-refractivity contribution in [1.29, 1.82) is 0 Å². The highest BCUT2D eigenvalue weighted by Crippen LogP contribution is 2.23. The highest BCUT2D eigenvalue weighted by atomic mass is 35.5. The molecule has 20 heavy (non-hydrogen) atoms. The molecule has 0 bridgehead atoms. The van der Waals surface area contributed by atoms with Gasteiger partial charge in [0.15, 0.2) is 0 Å². The second-order valence-corrected chi connectivity index (χ2v) is 6.30. The minimum atomic E-state index is -3.82. The molecule has 4 nitrogen and oxygen atoms in total. The predicted octanol–water partition coefficient (Wildman–Crippen LogP) is 2.65. The first-order valence-corrected chi connectivity index (χ1v) is 7.65. The largest absolute Gasteiger partial charge is 0.279 e. The van der Waals surface area contributed by atoms with Crippen LogP contribution in [0.3, 0.4) is 0 Å². The summed E-state index contributed by atoms with van der Waals surface area (Å²) < 4.78 is 26.2. The summed E-state index contributed by atoms with van der Waals surface area (Å²) in [6.45, 7) is -0.414. The van der Waals surface area contributed by atoms with Crippen LogP contribution in [0.15, 0.2) is 65.6 Å². The second kappa shape index (κ2) is 6.07. The third kappa shape index (κ3) is 3.18. The maximum atomic E-state index is 12.6. The third-order valence-corrected chi connectivity index (χ3v) is 4.55. The summed E-state index contributed by atoms with van der Waals surface area (Å²) in [4.78, 5) is 11.3. The van der Waals surface area contributed by atoms with E-state index in [1.165, 1.54) is 12.1 Å². The van der Waals surface area contributed by atoms with Crippen LogP contribution in [0.1, 0.15) is 0 Å². The molecule has 0 unspecified atom stereocenters. The van der Waals surface area contributed by atoms with Gasteiger partial charge in [-0.3, -0.25) is 9.10 Å². The highest BCUT2D eigenvalue weighted by molar-refractivity contribution is 7.92. The number of carbonyl (C=O) groups excluding carboxylic acids is 1. The van der Waals surface area contributed by atoms with E-state index >= 15 is 0 Å². The molecular weight excluding hydrogens is 298 g/mol. The molecule has 0 aromatic heterocycles. The number of sulfonamides is 1. The van der Waals surface area contributed by atoms with E-state index in [0.29, 0.717) is 5.69 Å². The van der Waals surface area contributed by atoms with E-state index in [9.17, 15) is 13.2 Å². The van der Waals surface area contributed by atoms with Crippen molar-refractivity contribution in [2.24, 2.45) is 0 Å². The third-order valence-electron chi connectivity index (χ3n) is 2.64. The van der Waals surface area contributed by atoms with Gasteiger partial charge in [0.2, 0.25) is 5.24 Å².